The Morgan fingerprint density at radius 2 is 1.77 bits per heavy atom. The van der Waals surface area contributed by atoms with Crippen LogP contribution in [-0.4, -0.2) is 33.4 Å². The first-order valence-corrected chi connectivity index (χ1v) is 10.2. The van der Waals surface area contributed by atoms with Crippen LogP contribution in [0.25, 0.3) is 11.0 Å². The van der Waals surface area contributed by atoms with E-state index in [4.69, 9.17) is 9.72 Å². The van der Waals surface area contributed by atoms with Gasteiger partial charge in [-0.1, -0.05) is 50.3 Å². The van der Waals surface area contributed by atoms with E-state index in [-0.39, 0.29) is 19.1 Å². The van der Waals surface area contributed by atoms with Crippen molar-refractivity contribution >= 4 is 16.9 Å². The molecule has 1 aromatic heterocycles. The molecule has 0 aliphatic carbocycles. The SMILES string of the molecule is C=CCN(CC=C)C(=O)Cn1c(COc2ccc(C(C)C)cc2)nc2ccccc21. The molecule has 3 rings (SSSR count). The van der Waals surface area contributed by atoms with Crippen molar-refractivity contribution in [2.75, 3.05) is 13.1 Å². The number of carbonyl (C=O) groups is 1. The highest BCUT2D eigenvalue weighted by atomic mass is 16.5. The first-order chi connectivity index (χ1) is 14.5. The molecule has 5 nitrogen and oxygen atoms in total. The molecule has 0 saturated heterocycles. The minimum absolute atomic E-state index is 0.0134. The fourth-order valence-corrected chi connectivity index (χ4v) is 3.33. The molecule has 0 aliphatic rings. The van der Waals surface area contributed by atoms with Gasteiger partial charge in [0.2, 0.25) is 5.91 Å². The quantitative estimate of drug-likeness (QED) is 0.451. The Labute approximate surface area is 178 Å². The zero-order valence-corrected chi connectivity index (χ0v) is 17.8. The molecular weight excluding hydrogens is 374 g/mol. The van der Waals surface area contributed by atoms with Crippen molar-refractivity contribution in [1.29, 1.82) is 0 Å². The third-order valence-corrected chi connectivity index (χ3v) is 4.99. The smallest absolute Gasteiger partial charge is 0.243 e. The molecule has 0 aliphatic heterocycles. The van der Waals surface area contributed by atoms with Crippen molar-refractivity contribution in [3.63, 3.8) is 0 Å². The monoisotopic (exact) mass is 403 g/mol. The first kappa shape index (κ1) is 21.4. The molecule has 1 heterocycles. The van der Waals surface area contributed by atoms with Gasteiger partial charge in [0.05, 0.1) is 11.0 Å². The minimum atomic E-state index is -0.0134. The van der Waals surface area contributed by atoms with Crippen molar-refractivity contribution in [2.45, 2.75) is 32.9 Å². The van der Waals surface area contributed by atoms with Crippen molar-refractivity contribution < 1.29 is 9.53 Å². The molecule has 5 heteroatoms. The maximum atomic E-state index is 12.9. The highest BCUT2D eigenvalue weighted by Crippen LogP contribution is 2.21. The molecule has 3 aromatic rings. The number of hydrogen-bond donors (Lipinski definition) is 0. The summed E-state index contributed by atoms with van der Waals surface area (Å²) in [6.07, 6.45) is 3.44. The average molecular weight is 404 g/mol. The summed E-state index contributed by atoms with van der Waals surface area (Å²) < 4.78 is 7.92. The summed E-state index contributed by atoms with van der Waals surface area (Å²) >= 11 is 0. The van der Waals surface area contributed by atoms with Crippen molar-refractivity contribution in [1.82, 2.24) is 14.5 Å². The van der Waals surface area contributed by atoms with E-state index in [2.05, 4.69) is 39.1 Å². The van der Waals surface area contributed by atoms with E-state index in [1.807, 2.05) is 41.0 Å². The Bertz CT molecular complexity index is 1010. The second-order valence-corrected chi connectivity index (χ2v) is 7.49. The number of carbonyl (C=O) groups excluding carboxylic acids is 1. The molecule has 0 N–H and O–H groups in total. The number of imidazole rings is 1. The van der Waals surface area contributed by atoms with Crippen LogP contribution >= 0.6 is 0 Å². The normalized spacial score (nSPS) is 10.9. The number of nitrogens with zero attached hydrogens (tertiary/aromatic N) is 3. The number of fused-ring (bicyclic) bond motifs is 1. The second-order valence-electron chi connectivity index (χ2n) is 7.49. The van der Waals surface area contributed by atoms with Gasteiger partial charge in [0.25, 0.3) is 0 Å². The molecule has 0 unspecified atom stereocenters. The van der Waals surface area contributed by atoms with Crippen molar-refractivity contribution in [3.8, 4) is 5.75 Å². The lowest BCUT2D eigenvalue weighted by Gasteiger charge is -2.20. The van der Waals surface area contributed by atoms with Gasteiger partial charge >= 0.3 is 0 Å². The van der Waals surface area contributed by atoms with Crippen LogP contribution in [0, 0.1) is 0 Å². The topological polar surface area (TPSA) is 47.4 Å². The van der Waals surface area contributed by atoms with E-state index in [1.54, 1.807) is 17.1 Å². The van der Waals surface area contributed by atoms with Crippen LogP contribution in [0.5, 0.6) is 5.75 Å². The van der Waals surface area contributed by atoms with E-state index < -0.39 is 0 Å². The Morgan fingerprint density at radius 3 is 2.40 bits per heavy atom. The van der Waals surface area contributed by atoms with Gasteiger partial charge in [-0.2, -0.15) is 0 Å². The zero-order valence-electron chi connectivity index (χ0n) is 17.8. The van der Waals surface area contributed by atoms with E-state index in [0.717, 1.165) is 22.6 Å². The largest absolute Gasteiger partial charge is 0.486 e. The second kappa shape index (κ2) is 9.92. The molecule has 30 heavy (non-hydrogen) atoms. The fraction of sp³-hybridized carbons (Fsp3) is 0.280. The average Bonchev–Trinajstić information content (AvgIpc) is 3.09. The highest BCUT2D eigenvalue weighted by molar-refractivity contribution is 5.81. The molecule has 0 radical (unpaired) electrons. The third-order valence-electron chi connectivity index (χ3n) is 4.99. The Kier molecular flexibility index (Phi) is 7.07. The van der Waals surface area contributed by atoms with Gasteiger partial charge in [0, 0.05) is 13.1 Å². The molecule has 0 bridgehead atoms. The molecule has 0 fully saturated rings. The van der Waals surface area contributed by atoms with E-state index in [1.165, 1.54) is 5.56 Å². The minimum Gasteiger partial charge on any atom is -0.486 e. The molecular formula is C25H29N3O2. The number of rotatable bonds is 10. The number of ether oxygens (including phenoxy) is 1. The van der Waals surface area contributed by atoms with Crippen LogP contribution in [0.1, 0.15) is 31.2 Å². The molecule has 156 valence electrons. The van der Waals surface area contributed by atoms with Gasteiger partial charge in [-0.15, -0.1) is 13.2 Å². The van der Waals surface area contributed by atoms with Crippen LogP contribution in [0.4, 0.5) is 0 Å². The summed E-state index contributed by atoms with van der Waals surface area (Å²) in [5.74, 6) is 1.96. The number of benzene rings is 2. The van der Waals surface area contributed by atoms with Crippen molar-refractivity contribution in [2.24, 2.45) is 0 Å². The van der Waals surface area contributed by atoms with Crippen LogP contribution in [-0.2, 0) is 17.9 Å². The number of hydrogen-bond acceptors (Lipinski definition) is 3. The highest BCUT2D eigenvalue weighted by Gasteiger charge is 2.17. The van der Waals surface area contributed by atoms with E-state index in [0.29, 0.717) is 19.0 Å². The first-order valence-electron chi connectivity index (χ1n) is 10.2. The van der Waals surface area contributed by atoms with Gasteiger partial charge in [0.15, 0.2) is 0 Å². The van der Waals surface area contributed by atoms with E-state index in [9.17, 15) is 4.79 Å². The summed E-state index contributed by atoms with van der Waals surface area (Å²) in [6.45, 7) is 13.2. The maximum absolute atomic E-state index is 12.9. The van der Waals surface area contributed by atoms with Gasteiger partial charge < -0.3 is 14.2 Å². The predicted octanol–water partition coefficient (Wildman–Crippen LogP) is 4.94. The lowest BCUT2D eigenvalue weighted by Crippen LogP contribution is -2.34. The van der Waals surface area contributed by atoms with Crippen LogP contribution < -0.4 is 4.74 Å². The predicted molar refractivity (Wildman–Crippen MR) is 122 cm³/mol. The maximum Gasteiger partial charge on any atom is 0.243 e. The van der Waals surface area contributed by atoms with Crippen molar-refractivity contribution in [3.05, 3.63) is 85.2 Å². The lowest BCUT2D eigenvalue weighted by atomic mass is 10.0. The summed E-state index contributed by atoms with van der Waals surface area (Å²) in [6, 6.07) is 15.9. The summed E-state index contributed by atoms with van der Waals surface area (Å²) in [5.41, 5.74) is 3.03. The van der Waals surface area contributed by atoms with Crippen LogP contribution in [0.3, 0.4) is 0 Å². The van der Waals surface area contributed by atoms with Crippen LogP contribution in [0.15, 0.2) is 73.8 Å². The Balaban J connectivity index is 1.83. The standard InChI is InChI=1S/C25H29N3O2/c1-5-15-27(16-6-2)25(29)17-28-23-10-8-7-9-22(23)26-24(28)18-30-21-13-11-20(12-14-21)19(3)4/h5-14,19H,1-2,15-18H2,3-4H3. The Hall–Kier alpha value is -3.34. The van der Waals surface area contributed by atoms with Gasteiger partial charge in [-0.3, -0.25) is 4.79 Å². The molecule has 1 amide bonds. The number of aromatic nitrogens is 2. The Morgan fingerprint density at radius 1 is 1.10 bits per heavy atom. The third kappa shape index (κ3) is 4.98. The van der Waals surface area contributed by atoms with Crippen LogP contribution in [0.2, 0.25) is 0 Å². The molecule has 0 atom stereocenters. The number of para-hydroxylation sites is 2. The van der Waals surface area contributed by atoms with Gasteiger partial charge in [-0.25, -0.2) is 4.98 Å². The lowest BCUT2D eigenvalue weighted by molar-refractivity contribution is -0.130. The van der Waals surface area contributed by atoms with Gasteiger partial charge in [0.1, 0.15) is 24.7 Å². The van der Waals surface area contributed by atoms with E-state index >= 15 is 0 Å². The zero-order chi connectivity index (χ0) is 21.5. The summed E-state index contributed by atoms with van der Waals surface area (Å²) in [4.78, 5) is 19.3. The summed E-state index contributed by atoms with van der Waals surface area (Å²) in [7, 11) is 0. The molecule has 2 aromatic carbocycles. The number of amides is 1. The molecule has 0 spiro atoms. The summed E-state index contributed by atoms with van der Waals surface area (Å²) in [5, 5.41) is 0. The van der Waals surface area contributed by atoms with Gasteiger partial charge in [-0.05, 0) is 35.7 Å². The molecule has 0 saturated carbocycles. The fourth-order valence-electron chi connectivity index (χ4n) is 3.33.